The summed E-state index contributed by atoms with van der Waals surface area (Å²) in [6.07, 6.45) is 3.65. The SMILES string of the molecule is CSc1ccc(C(C)NC(=O)c2ncccc2Br)cc1. The first-order valence-electron chi connectivity index (χ1n) is 6.17. The molecule has 2 aromatic rings. The van der Waals surface area contributed by atoms with E-state index in [1.165, 1.54) is 4.90 Å². The molecule has 0 bridgehead atoms. The van der Waals surface area contributed by atoms with E-state index in [4.69, 9.17) is 0 Å². The van der Waals surface area contributed by atoms with Crippen LogP contribution in [0.2, 0.25) is 0 Å². The summed E-state index contributed by atoms with van der Waals surface area (Å²) in [6.45, 7) is 1.96. The Labute approximate surface area is 131 Å². The monoisotopic (exact) mass is 350 g/mol. The molecule has 2 rings (SSSR count). The molecule has 0 radical (unpaired) electrons. The minimum Gasteiger partial charge on any atom is -0.344 e. The molecule has 0 aliphatic rings. The number of rotatable bonds is 4. The number of amides is 1. The molecular weight excluding hydrogens is 336 g/mol. The number of aromatic nitrogens is 1. The van der Waals surface area contributed by atoms with E-state index in [1.54, 1.807) is 30.1 Å². The molecule has 0 aliphatic heterocycles. The lowest BCUT2D eigenvalue weighted by Gasteiger charge is -2.14. The normalized spacial score (nSPS) is 11.9. The average Bonchev–Trinajstić information content (AvgIpc) is 2.47. The van der Waals surface area contributed by atoms with Gasteiger partial charge in [0.1, 0.15) is 5.69 Å². The number of hydrogen-bond acceptors (Lipinski definition) is 3. The van der Waals surface area contributed by atoms with Crippen molar-refractivity contribution in [2.24, 2.45) is 0 Å². The van der Waals surface area contributed by atoms with Gasteiger partial charge < -0.3 is 5.32 Å². The van der Waals surface area contributed by atoms with Gasteiger partial charge in [-0.25, -0.2) is 4.98 Å². The molecule has 0 spiro atoms. The Balaban J connectivity index is 2.09. The molecule has 1 aromatic heterocycles. The summed E-state index contributed by atoms with van der Waals surface area (Å²) in [7, 11) is 0. The summed E-state index contributed by atoms with van der Waals surface area (Å²) in [5.74, 6) is -0.182. The first-order chi connectivity index (χ1) is 9.61. The minimum atomic E-state index is -0.182. The summed E-state index contributed by atoms with van der Waals surface area (Å²) in [5, 5.41) is 2.95. The molecule has 1 atom stereocenters. The van der Waals surface area contributed by atoms with Crippen LogP contribution in [0.1, 0.15) is 29.0 Å². The highest BCUT2D eigenvalue weighted by Gasteiger charge is 2.14. The van der Waals surface area contributed by atoms with Gasteiger partial charge in [0.2, 0.25) is 0 Å². The van der Waals surface area contributed by atoms with Crippen molar-refractivity contribution in [3.8, 4) is 0 Å². The number of nitrogens with zero attached hydrogens (tertiary/aromatic N) is 1. The highest BCUT2D eigenvalue weighted by Crippen LogP contribution is 2.20. The van der Waals surface area contributed by atoms with Crippen LogP contribution in [0, 0.1) is 0 Å². The number of carbonyl (C=O) groups excluding carboxylic acids is 1. The summed E-state index contributed by atoms with van der Waals surface area (Å²) in [5.41, 5.74) is 1.48. The van der Waals surface area contributed by atoms with Crippen LogP contribution in [0.3, 0.4) is 0 Å². The van der Waals surface area contributed by atoms with Crippen molar-refractivity contribution >= 4 is 33.6 Å². The second-order valence-electron chi connectivity index (χ2n) is 4.30. The molecule has 1 amide bonds. The summed E-state index contributed by atoms with van der Waals surface area (Å²) < 4.78 is 0.697. The second kappa shape index (κ2) is 6.90. The molecule has 0 fully saturated rings. The average molecular weight is 351 g/mol. The zero-order valence-electron chi connectivity index (χ0n) is 11.3. The highest BCUT2D eigenvalue weighted by molar-refractivity contribution is 9.10. The molecule has 5 heteroatoms. The van der Waals surface area contributed by atoms with Gasteiger partial charge in [-0.15, -0.1) is 11.8 Å². The van der Waals surface area contributed by atoms with Gasteiger partial charge in [0, 0.05) is 15.6 Å². The third-order valence-electron chi connectivity index (χ3n) is 2.94. The molecule has 3 nitrogen and oxygen atoms in total. The lowest BCUT2D eigenvalue weighted by molar-refractivity contribution is 0.0934. The van der Waals surface area contributed by atoms with Crippen LogP contribution in [0.4, 0.5) is 0 Å². The van der Waals surface area contributed by atoms with Crippen molar-refractivity contribution in [1.29, 1.82) is 0 Å². The molecule has 1 aromatic carbocycles. The van der Waals surface area contributed by atoms with Gasteiger partial charge in [0.25, 0.3) is 5.91 Å². The van der Waals surface area contributed by atoms with Gasteiger partial charge in [-0.2, -0.15) is 0 Å². The van der Waals surface area contributed by atoms with Crippen molar-refractivity contribution in [2.45, 2.75) is 17.9 Å². The topological polar surface area (TPSA) is 42.0 Å². The maximum atomic E-state index is 12.2. The fourth-order valence-electron chi connectivity index (χ4n) is 1.79. The van der Waals surface area contributed by atoms with Crippen molar-refractivity contribution < 1.29 is 4.79 Å². The van der Waals surface area contributed by atoms with E-state index < -0.39 is 0 Å². The zero-order chi connectivity index (χ0) is 14.5. The summed E-state index contributed by atoms with van der Waals surface area (Å²) in [4.78, 5) is 17.5. The Morgan fingerprint density at radius 3 is 2.60 bits per heavy atom. The van der Waals surface area contributed by atoms with Crippen LogP contribution >= 0.6 is 27.7 Å². The van der Waals surface area contributed by atoms with Crippen molar-refractivity contribution in [3.05, 3.63) is 58.3 Å². The second-order valence-corrected chi connectivity index (χ2v) is 6.04. The quantitative estimate of drug-likeness (QED) is 0.845. The molecule has 20 heavy (non-hydrogen) atoms. The fourth-order valence-corrected chi connectivity index (χ4v) is 2.64. The molecule has 0 saturated heterocycles. The lowest BCUT2D eigenvalue weighted by Crippen LogP contribution is -2.27. The van der Waals surface area contributed by atoms with Crippen molar-refractivity contribution in [1.82, 2.24) is 10.3 Å². The number of thioether (sulfide) groups is 1. The Kier molecular flexibility index (Phi) is 5.20. The number of halogens is 1. The van der Waals surface area contributed by atoms with Crippen LogP contribution in [0.5, 0.6) is 0 Å². The van der Waals surface area contributed by atoms with E-state index >= 15 is 0 Å². The number of carbonyl (C=O) groups is 1. The first kappa shape index (κ1) is 15.1. The minimum absolute atomic E-state index is 0.0627. The van der Waals surface area contributed by atoms with Crippen molar-refractivity contribution in [2.75, 3.05) is 6.26 Å². The molecule has 104 valence electrons. The number of pyridine rings is 1. The largest absolute Gasteiger partial charge is 0.344 e. The standard InChI is InChI=1S/C15H15BrN2OS/c1-10(11-5-7-12(20-2)8-6-11)18-15(19)14-13(16)4-3-9-17-14/h3-10H,1-2H3,(H,18,19). The molecule has 1 N–H and O–H groups in total. The number of nitrogens with one attached hydrogen (secondary N) is 1. The smallest absolute Gasteiger partial charge is 0.271 e. The van der Waals surface area contributed by atoms with E-state index in [1.807, 2.05) is 25.3 Å². The molecular formula is C15H15BrN2OS. The summed E-state index contributed by atoms with van der Waals surface area (Å²) >= 11 is 5.03. The van der Waals surface area contributed by atoms with Gasteiger partial charge in [0.05, 0.1) is 6.04 Å². The lowest BCUT2D eigenvalue weighted by atomic mass is 10.1. The fraction of sp³-hybridized carbons (Fsp3) is 0.200. The van der Waals surface area contributed by atoms with E-state index in [-0.39, 0.29) is 11.9 Å². The van der Waals surface area contributed by atoms with Crippen LogP contribution in [0.25, 0.3) is 0 Å². The van der Waals surface area contributed by atoms with Gasteiger partial charge in [0.15, 0.2) is 0 Å². The molecule has 1 heterocycles. The molecule has 0 aliphatic carbocycles. The van der Waals surface area contributed by atoms with E-state index in [2.05, 4.69) is 38.4 Å². The molecule has 0 saturated carbocycles. The highest BCUT2D eigenvalue weighted by atomic mass is 79.9. The van der Waals surface area contributed by atoms with E-state index in [9.17, 15) is 4.79 Å². The maximum absolute atomic E-state index is 12.2. The van der Waals surface area contributed by atoms with Crippen LogP contribution in [-0.2, 0) is 0 Å². The van der Waals surface area contributed by atoms with Gasteiger partial charge in [-0.1, -0.05) is 12.1 Å². The molecule has 1 unspecified atom stereocenters. The van der Waals surface area contributed by atoms with Crippen LogP contribution in [0.15, 0.2) is 52.0 Å². The summed E-state index contributed by atoms with van der Waals surface area (Å²) in [6, 6.07) is 11.7. The third-order valence-corrected chi connectivity index (χ3v) is 4.32. The Morgan fingerprint density at radius 1 is 1.30 bits per heavy atom. The van der Waals surface area contributed by atoms with Crippen molar-refractivity contribution in [3.63, 3.8) is 0 Å². The third kappa shape index (κ3) is 3.61. The van der Waals surface area contributed by atoms with E-state index in [0.29, 0.717) is 10.2 Å². The number of benzene rings is 1. The first-order valence-corrected chi connectivity index (χ1v) is 8.19. The number of hydrogen-bond donors (Lipinski definition) is 1. The zero-order valence-corrected chi connectivity index (χ0v) is 13.7. The van der Waals surface area contributed by atoms with Crippen LogP contribution < -0.4 is 5.32 Å². The maximum Gasteiger partial charge on any atom is 0.271 e. The van der Waals surface area contributed by atoms with Gasteiger partial charge >= 0.3 is 0 Å². The van der Waals surface area contributed by atoms with E-state index in [0.717, 1.165) is 5.56 Å². The Hall–Kier alpha value is -1.33. The van der Waals surface area contributed by atoms with Crippen LogP contribution in [-0.4, -0.2) is 17.1 Å². The predicted octanol–water partition coefficient (Wildman–Crippen LogP) is 4.06. The van der Waals surface area contributed by atoms with Gasteiger partial charge in [-0.05, 0) is 58.9 Å². The Morgan fingerprint density at radius 2 is 2.00 bits per heavy atom. The Bertz CT molecular complexity index is 601. The van der Waals surface area contributed by atoms with Gasteiger partial charge in [-0.3, -0.25) is 4.79 Å². The predicted molar refractivity (Wildman–Crippen MR) is 86.0 cm³/mol.